The number of hydrogen-bond acceptors (Lipinski definition) is 11. The number of hydrogen-bond donors (Lipinski definition) is 3. The summed E-state index contributed by atoms with van der Waals surface area (Å²) in [7, 11) is 6.89. The number of unbranched alkanes of at least 4 members (excludes halogenated alkanes) is 3. The van der Waals surface area contributed by atoms with Gasteiger partial charge in [-0.15, -0.1) is 10.2 Å². The van der Waals surface area contributed by atoms with E-state index in [0.717, 1.165) is 56.2 Å². The second-order valence-electron chi connectivity index (χ2n) is 19.3. The number of nitrogens with one attached hydrogen (secondary N) is 2. The van der Waals surface area contributed by atoms with E-state index in [9.17, 15) is 19.2 Å². The molecule has 1 fully saturated rings. The third-order valence-corrected chi connectivity index (χ3v) is 13.7. The monoisotopic (exact) mass is 931 g/mol. The fraction of sp³-hybridized carbons (Fsp3) is 0.654. The lowest BCUT2D eigenvalue weighted by Crippen LogP contribution is -2.60. The number of likely N-dealkylation sites (tertiary alicyclic amines) is 1. The Hall–Kier alpha value is -4.70. The van der Waals surface area contributed by atoms with Gasteiger partial charge in [0.2, 0.25) is 35.4 Å². The van der Waals surface area contributed by atoms with Gasteiger partial charge in [-0.2, -0.15) is 0 Å². The van der Waals surface area contributed by atoms with Crippen LogP contribution in [-0.2, 0) is 35.1 Å². The van der Waals surface area contributed by atoms with Crippen LogP contribution in [0, 0.1) is 23.7 Å². The van der Waals surface area contributed by atoms with E-state index in [1.807, 2.05) is 107 Å². The van der Waals surface area contributed by atoms with Crippen LogP contribution in [0.2, 0.25) is 0 Å². The van der Waals surface area contributed by atoms with Crippen molar-refractivity contribution in [1.29, 1.82) is 0 Å². The van der Waals surface area contributed by atoms with Gasteiger partial charge in [0, 0.05) is 39.8 Å². The van der Waals surface area contributed by atoms with E-state index in [-0.39, 0.29) is 59.7 Å². The zero-order valence-corrected chi connectivity index (χ0v) is 42.3. The number of ether oxygens (including phenoxy) is 2. The summed E-state index contributed by atoms with van der Waals surface area (Å²) < 4.78 is 18.4. The number of benzene rings is 2. The van der Waals surface area contributed by atoms with Crippen molar-refractivity contribution in [2.24, 2.45) is 29.4 Å². The largest absolute Gasteiger partial charge is 0.418 e. The van der Waals surface area contributed by atoms with Gasteiger partial charge in [0.05, 0.1) is 42.7 Å². The maximum Gasteiger partial charge on any atom is 0.247 e. The number of carbonyl (C=O) groups is 4. The molecule has 0 radical (unpaired) electrons. The summed E-state index contributed by atoms with van der Waals surface area (Å²) in [5.41, 5.74) is 7.44. The number of likely N-dealkylation sites (N-methyl/N-ethyl adjacent to an activating group) is 2. The smallest absolute Gasteiger partial charge is 0.247 e. The maximum absolute atomic E-state index is 14.6. The Morgan fingerprint density at radius 2 is 1.51 bits per heavy atom. The molecule has 1 saturated heterocycles. The van der Waals surface area contributed by atoms with Gasteiger partial charge in [-0.3, -0.25) is 24.1 Å². The summed E-state index contributed by atoms with van der Waals surface area (Å²) in [6, 6.07) is 16.6. The third kappa shape index (κ3) is 15.1. The number of aromatic nitrogens is 2. The van der Waals surface area contributed by atoms with Crippen molar-refractivity contribution >= 4 is 23.6 Å². The first kappa shape index (κ1) is 54.9. The van der Waals surface area contributed by atoms with Crippen molar-refractivity contribution in [3.63, 3.8) is 0 Å². The van der Waals surface area contributed by atoms with Crippen molar-refractivity contribution in [1.82, 2.24) is 35.5 Å². The van der Waals surface area contributed by atoms with Crippen molar-refractivity contribution in [3.05, 3.63) is 72.1 Å². The predicted molar refractivity (Wildman–Crippen MR) is 262 cm³/mol. The first-order valence-electron chi connectivity index (χ1n) is 24.6. The van der Waals surface area contributed by atoms with E-state index in [1.165, 1.54) is 0 Å². The fourth-order valence-corrected chi connectivity index (χ4v) is 9.71. The molecule has 4 rings (SSSR count). The van der Waals surface area contributed by atoms with E-state index in [0.29, 0.717) is 31.8 Å². The second kappa shape index (κ2) is 27.3. The molecule has 9 atom stereocenters. The first-order chi connectivity index (χ1) is 32.1. The Morgan fingerprint density at radius 3 is 2.10 bits per heavy atom. The molecular formula is C52H82N8O7. The molecule has 4 amide bonds. The highest BCUT2D eigenvalue weighted by Crippen LogP contribution is 2.31. The van der Waals surface area contributed by atoms with E-state index >= 15 is 0 Å². The van der Waals surface area contributed by atoms with Crippen molar-refractivity contribution in [3.8, 4) is 11.5 Å². The maximum atomic E-state index is 14.6. The van der Waals surface area contributed by atoms with E-state index in [4.69, 9.17) is 19.6 Å². The molecule has 2 aromatic carbocycles. The highest BCUT2D eigenvalue weighted by Gasteiger charge is 2.43. The summed E-state index contributed by atoms with van der Waals surface area (Å²) in [6.45, 7) is 15.8. The molecule has 15 heteroatoms. The van der Waals surface area contributed by atoms with Crippen LogP contribution in [0.1, 0.15) is 117 Å². The molecule has 0 bridgehead atoms. The molecule has 1 aromatic heterocycles. The van der Waals surface area contributed by atoms with Crippen molar-refractivity contribution in [2.75, 3.05) is 47.9 Å². The van der Waals surface area contributed by atoms with Crippen molar-refractivity contribution in [2.45, 2.75) is 149 Å². The van der Waals surface area contributed by atoms with Gasteiger partial charge < -0.3 is 40.1 Å². The second-order valence-corrected chi connectivity index (χ2v) is 19.3. The molecule has 67 heavy (non-hydrogen) atoms. The Labute approximate surface area is 400 Å². The summed E-state index contributed by atoms with van der Waals surface area (Å²) in [5, 5.41) is 15.0. The van der Waals surface area contributed by atoms with Gasteiger partial charge >= 0.3 is 0 Å². The average molecular weight is 931 g/mol. The average Bonchev–Trinajstić information content (AvgIpc) is 4.02. The number of rotatable bonds is 28. The Kier molecular flexibility index (Phi) is 22.4. The lowest BCUT2D eigenvalue weighted by molar-refractivity contribution is -0.148. The van der Waals surface area contributed by atoms with Gasteiger partial charge in [-0.05, 0) is 81.3 Å². The topological polar surface area (TPSA) is 185 Å². The number of nitrogens with zero attached hydrogens (tertiary/aromatic N) is 5. The minimum atomic E-state index is -0.785. The molecule has 1 aliphatic heterocycles. The molecule has 15 nitrogen and oxygen atoms in total. The summed E-state index contributed by atoms with van der Waals surface area (Å²) in [4.78, 5) is 63.0. The van der Waals surface area contributed by atoms with Gasteiger partial charge in [0.15, 0.2) is 0 Å². The normalized spacial score (nSPS) is 17.7. The lowest BCUT2D eigenvalue weighted by atomic mass is 9.89. The standard InChI is InChI=1S/C52H82N8O7/c1-12-36(6)46(59(9)52(64)44(34(2)3)55-49(63)45(35(4)5)58(8)30-22-14-13-21-29-53)42(65-10)33-43(61)60-31-23-28-41(60)47(66-11)37(7)48(62)54-40(32-38-24-17-15-18-25-38)51-57-56-50(67-51)39-26-19-16-20-27-39/h15-20,24-27,34-37,40-42,44-47H,12-14,21-23,28-33,53H2,1-11H3,(H,54,62)(H,55,63)/t36?,37?,40?,41-,42?,44?,45?,46?,47?/m0/s1. The lowest BCUT2D eigenvalue weighted by Gasteiger charge is -2.41. The summed E-state index contributed by atoms with van der Waals surface area (Å²) >= 11 is 0. The summed E-state index contributed by atoms with van der Waals surface area (Å²) in [6.07, 6.45) is 5.35. The van der Waals surface area contributed by atoms with Gasteiger partial charge in [0.25, 0.3) is 0 Å². The highest BCUT2D eigenvalue weighted by atomic mass is 16.5. The van der Waals surface area contributed by atoms with Crippen LogP contribution in [0.15, 0.2) is 65.1 Å². The number of nitrogens with two attached hydrogens (primary N) is 1. The highest BCUT2D eigenvalue weighted by molar-refractivity contribution is 5.90. The molecule has 3 aromatic rings. The molecule has 2 heterocycles. The molecule has 1 aliphatic rings. The summed E-state index contributed by atoms with van der Waals surface area (Å²) in [5.74, 6) is -1.04. The van der Waals surface area contributed by atoms with Gasteiger partial charge in [-0.1, -0.05) is 116 Å². The minimum absolute atomic E-state index is 0.0148. The number of methoxy groups -OCH3 is 2. The number of carbonyl (C=O) groups excluding carboxylic acids is 4. The minimum Gasteiger partial charge on any atom is -0.418 e. The van der Waals surface area contributed by atoms with Crippen molar-refractivity contribution < 1.29 is 33.1 Å². The molecule has 4 N–H and O–H groups in total. The zero-order valence-electron chi connectivity index (χ0n) is 42.3. The quantitative estimate of drug-likeness (QED) is 0.0661. The van der Waals surface area contributed by atoms with Crippen LogP contribution < -0.4 is 16.4 Å². The van der Waals surface area contributed by atoms with Gasteiger partial charge in [-0.25, -0.2) is 0 Å². The Morgan fingerprint density at radius 1 is 0.851 bits per heavy atom. The number of amides is 4. The zero-order chi connectivity index (χ0) is 49.2. The molecule has 0 spiro atoms. The van der Waals surface area contributed by atoms with Crippen LogP contribution in [0.25, 0.3) is 11.5 Å². The van der Waals surface area contributed by atoms with Gasteiger partial charge in [0.1, 0.15) is 12.1 Å². The molecule has 0 saturated carbocycles. The first-order valence-corrected chi connectivity index (χ1v) is 24.6. The van der Waals surface area contributed by atoms with Crippen LogP contribution in [0.5, 0.6) is 0 Å². The fourth-order valence-electron chi connectivity index (χ4n) is 9.71. The van der Waals surface area contributed by atoms with E-state index in [2.05, 4.69) is 39.6 Å². The third-order valence-electron chi connectivity index (χ3n) is 13.7. The molecule has 0 aliphatic carbocycles. The van der Waals surface area contributed by atoms with Crippen LogP contribution in [-0.4, -0.2) is 133 Å². The van der Waals surface area contributed by atoms with E-state index < -0.39 is 42.3 Å². The predicted octanol–water partition coefficient (Wildman–Crippen LogP) is 6.67. The van der Waals surface area contributed by atoms with Crippen LogP contribution in [0.3, 0.4) is 0 Å². The van der Waals surface area contributed by atoms with Crippen LogP contribution in [0.4, 0.5) is 0 Å². The Bertz CT molecular complexity index is 1950. The molecular weight excluding hydrogens is 849 g/mol. The molecule has 8 unspecified atom stereocenters. The SMILES string of the molecule is CCC(C)C(C(CC(=O)N1CCC[C@H]1C(OC)C(C)C(=O)NC(Cc1ccccc1)c1nnc(-c2ccccc2)o1)OC)N(C)C(=O)C(NC(=O)C(C(C)C)N(C)CCCCCCN)C(C)C. The van der Waals surface area contributed by atoms with Crippen LogP contribution >= 0.6 is 0 Å². The molecule has 372 valence electrons. The Balaban J connectivity index is 1.49. The van der Waals surface area contributed by atoms with E-state index in [1.54, 1.807) is 26.2 Å².